The van der Waals surface area contributed by atoms with Crippen LogP contribution in [0.25, 0.3) is 0 Å². The highest BCUT2D eigenvalue weighted by atomic mass is 19.3. The maximum absolute atomic E-state index is 13.9. The largest absolute Gasteiger partial charge is 0.375 e. The van der Waals surface area contributed by atoms with Crippen LogP contribution in [0.3, 0.4) is 0 Å². The van der Waals surface area contributed by atoms with Gasteiger partial charge >= 0.3 is 0 Å². The van der Waals surface area contributed by atoms with Crippen LogP contribution in [0.15, 0.2) is 30.3 Å². The number of amides is 1. The zero-order valence-corrected chi connectivity index (χ0v) is 16.5. The highest BCUT2D eigenvalue weighted by Crippen LogP contribution is 2.49. The second-order valence-corrected chi connectivity index (χ2v) is 9.01. The van der Waals surface area contributed by atoms with E-state index in [1.54, 1.807) is 35.2 Å². The number of rotatable bonds is 3. The lowest BCUT2D eigenvalue weighted by molar-refractivity contribution is -0.163. The van der Waals surface area contributed by atoms with Gasteiger partial charge in [0, 0.05) is 37.9 Å². The van der Waals surface area contributed by atoms with Gasteiger partial charge in [-0.15, -0.1) is 0 Å². The molecule has 3 atom stereocenters. The van der Waals surface area contributed by atoms with E-state index in [2.05, 4.69) is 12.2 Å². The minimum atomic E-state index is -2.81. The third kappa shape index (κ3) is 3.24. The smallest absolute Gasteiger partial charge is 0.259 e. The third-order valence-corrected chi connectivity index (χ3v) is 7.57. The van der Waals surface area contributed by atoms with Crippen LogP contribution < -0.4 is 5.32 Å². The van der Waals surface area contributed by atoms with Gasteiger partial charge in [0.25, 0.3) is 5.91 Å². The van der Waals surface area contributed by atoms with E-state index in [1.165, 1.54) is 0 Å². The maximum atomic E-state index is 13.9. The molecule has 1 aromatic rings. The molecular formula is C22H30F2N2O2. The van der Waals surface area contributed by atoms with Crippen molar-refractivity contribution in [3.63, 3.8) is 0 Å². The van der Waals surface area contributed by atoms with Gasteiger partial charge < -0.3 is 15.3 Å². The second-order valence-electron chi connectivity index (χ2n) is 9.01. The topological polar surface area (TPSA) is 52.6 Å². The Morgan fingerprint density at radius 1 is 1.18 bits per heavy atom. The summed E-state index contributed by atoms with van der Waals surface area (Å²) in [5.74, 6) is -3.99. The Bertz CT molecular complexity index is 719. The SMILES string of the molecule is CC1NCCC12CCN(C(=O)C(O)(c1ccccc1)C1CCC(F)(F)C1)CC2. The van der Waals surface area contributed by atoms with Crippen molar-refractivity contribution in [3.05, 3.63) is 35.9 Å². The van der Waals surface area contributed by atoms with E-state index in [-0.39, 0.29) is 18.3 Å². The lowest BCUT2D eigenvalue weighted by Crippen LogP contribution is -2.55. The number of carbonyl (C=O) groups excluding carboxylic acids is 1. The van der Waals surface area contributed by atoms with Gasteiger partial charge in [-0.05, 0) is 50.1 Å². The van der Waals surface area contributed by atoms with Crippen molar-refractivity contribution in [2.45, 2.75) is 63.0 Å². The van der Waals surface area contributed by atoms with Gasteiger partial charge in [0.1, 0.15) is 0 Å². The third-order valence-electron chi connectivity index (χ3n) is 7.57. The number of nitrogens with zero attached hydrogens (tertiary/aromatic N) is 1. The Morgan fingerprint density at radius 2 is 1.86 bits per heavy atom. The summed E-state index contributed by atoms with van der Waals surface area (Å²) in [5.41, 5.74) is -1.24. The first-order valence-corrected chi connectivity index (χ1v) is 10.5. The monoisotopic (exact) mass is 392 g/mol. The Hall–Kier alpha value is -1.53. The fourth-order valence-corrected chi connectivity index (χ4v) is 5.58. The number of halogens is 2. The number of hydrogen-bond acceptors (Lipinski definition) is 3. The van der Waals surface area contributed by atoms with E-state index in [4.69, 9.17) is 0 Å². The number of piperidine rings is 1. The van der Waals surface area contributed by atoms with Crippen LogP contribution in [-0.4, -0.2) is 47.5 Å². The normalized spacial score (nSPS) is 31.1. The first kappa shape index (κ1) is 19.8. The first-order valence-electron chi connectivity index (χ1n) is 10.5. The summed E-state index contributed by atoms with van der Waals surface area (Å²) in [6, 6.07) is 9.09. The molecule has 2 heterocycles. The molecule has 1 saturated carbocycles. The van der Waals surface area contributed by atoms with E-state index in [9.17, 15) is 18.7 Å². The lowest BCUT2D eigenvalue weighted by atomic mass is 9.72. The molecule has 2 N–H and O–H groups in total. The number of carbonyl (C=O) groups is 1. The Morgan fingerprint density at radius 3 is 2.39 bits per heavy atom. The summed E-state index contributed by atoms with van der Waals surface area (Å²) in [5, 5.41) is 15.1. The van der Waals surface area contributed by atoms with E-state index in [0.717, 1.165) is 25.8 Å². The van der Waals surface area contributed by atoms with Crippen LogP contribution >= 0.6 is 0 Å². The molecule has 4 nitrogen and oxygen atoms in total. The Labute approximate surface area is 165 Å². The average Bonchev–Trinajstić information content (AvgIpc) is 3.24. The van der Waals surface area contributed by atoms with Gasteiger partial charge in [-0.2, -0.15) is 0 Å². The standard InChI is InChI=1S/C22H30F2N2O2/c1-16-20(9-12-25-16)10-13-26(14-11-20)19(27)22(28,17-5-3-2-4-6-17)18-7-8-21(23,24)15-18/h2-6,16,18,25,28H,7-15H2,1H3. The molecule has 1 spiro atoms. The fourth-order valence-electron chi connectivity index (χ4n) is 5.58. The highest BCUT2D eigenvalue weighted by Gasteiger charge is 2.55. The van der Waals surface area contributed by atoms with Gasteiger partial charge in [-0.25, -0.2) is 8.78 Å². The number of nitrogens with one attached hydrogen (secondary N) is 1. The molecule has 1 aliphatic carbocycles. The van der Waals surface area contributed by atoms with Crippen LogP contribution in [-0.2, 0) is 10.4 Å². The van der Waals surface area contributed by atoms with Gasteiger partial charge in [0.2, 0.25) is 5.92 Å². The van der Waals surface area contributed by atoms with E-state index >= 15 is 0 Å². The zero-order valence-electron chi connectivity index (χ0n) is 16.5. The van der Waals surface area contributed by atoms with Gasteiger partial charge in [-0.3, -0.25) is 4.79 Å². The van der Waals surface area contributed by atoms with Crippen LogP contribution in [0.2, 0.25) is 0 Å². The first-order chi connectivity index (χ1) is 13.3. The average molecular weight is 392 g/mol. The molecule has 3 aliphatic rings. The summed E-state index contributed by atoms with van der Waals surface area (Å²) in [7, 11) is 0. The molecule has 3 unspecified atom stereocenters. The molecule has 6 heteroatoms. The maximum Gasteiger partial charge on any atom is 0.259 e. The van der Waals surface area contributed by atoms with E-state index in [0.29, 0.717) is 24.7 Å². The molecule has 3 fully saturated rings. The number of benzene rings is 1. The van der Waals surface area contributed by atoms with Gasteiger partial charge in [-0.1, -0.05) is 30.3 Å². The number of alkyl halides is 2. The zero-order chi connectivity index (χ0) is 20.0. The molecule has 28 heavy (non-hydrogen) atoms. The molecule has 0 radical (unpaired) electrons. The van der Waals surface area contributed by atoms with Crippen molar-refractivity contribution in [2.75, 3.05) is 19.6 Å². The summed E-state index contributed by atoms with van der Waals surface area (Å²) >= 11 is 0. The number of hydrogen-bond donors (Lipinski definition) is 2. The molecule has 4 rings (SSSR count). The fraction of sp³-hybridized carbons (Fsp3) is 0.682. The number of aliphatic hydroxyl groups is 1. The van der Waals surface area contributed by atoms with Crippen molar-refractivity contribution in [1.29, 1.82) is 0 Å². The van der Waals surface area contributed by atoms with Crippen LogP contribution in [0.4, 0.5) is 8.78 Å². The van der Waals surface area contributed by atoms with E-state index < -0.39 is 29.8 Å². The molecular weight excluding hydrogens is 362 g/mol. The summed E-state index contributed by atoms with van der Waals surface area (Å²) in [4.78, 5) is 15.2. The summed E-state index contributed by atoms with van der Waals surface area (Å²) < 4.78 is 27.9. The molecule has 1 amide bonds. The van der Waals surface area contributed by atoms with E-state index in [1.807, 2.05) is 0 Å². The minimum absolute atomic E-state index is 0.156. The van der Waals surface area contributed by atoms with Crippen molar-refractivity contribution >= 4 is 5.91 Å². The molecule has 2 saturated heterocycles. The predicted octanol–water partition coefficient (Wildman–Crippen LogP) is 3.30. The summed E-state index contributed by atoms with van der Waals surface area (Å²) in [6.45, 7) is 4.35. The molecule has 2 aliphatic heterocycles. The molecule has 0 bridgehead atoms. The predicted molar refractivity (Wildman–Crippen MR) is 103 cm³/mol. The quantitative estimate of drug-likeness (QED) is 0.830. The Kier molecular flexibility index (Phi) is 4.99. The Balaban J connectivity index is 1.58. The number of likely N-dealkylation sites (tertiary alicyclic amines) is 1. The van der Waals surface area contributed by atoms with Gasteiger partial charge in [0.05, 0.1) is 0 Å². The van der Waals surface area contributed by atoms with Crippen LogP contribution in [0, 0.1) is 11.3 Å². The van der Waals surface area contributed by atoms with Crippen molar-refractivity contribution in [1.82, 2.24) is 10.2 Å². The molecule has 154 valence electrons. The van der Waals surface area contributed by atoms with Crippen molar-refractivity contribution in [2.24, 2.45) is 11.3 Å². The molecule has 1 aromatic carbocycles. The summed E-state index contributed by atoms with van der Waals surface area (Å²) in [6.07, 6.45) is 2.32. The second kappa shape index (κ2) is 7.06. The van der Waals surface area contributed by atoms with Crippen molar-refractivity contribution < 1.29 is 18.7 Å². The van der Waals surface area contributed by atoms with Crippen LogP contribution in [0.1, 0.15) is 51.0 Å². The minimum Gasteiger partial charge on any atom is -0.375 e. The highest BCUT2D eigenvalue weighted by molar-refractivity contribution is 5.87. The van der Waals surface area contributed by atoms with Crippen molar-refractivity contribution in [3.8, 4) is 0 Å². The lowest BCUT2D eigenvalue weighted by Gasteiger charge is -2.45. The molecule has 0 aromatic heterocycles. The van der Waals surface area contributed by atoms with Crippen LogP contribution in [0.5, 0.6) is 0 Å². The van der Waals surface area contributed by atoms with Gasteiger partial charge in [0.15, 0.2) is 5.60 Å².